The minimum Gasteiger partial charge on any atom is -0.394 e. The Morgan fingerprint density at radius 2 is 1.73 bits per heavy atom. The highest BCUT2D eigenvalue weighted by Gasteiger charge is 2.44. The zero-order valence-electron chi connectivity index (χ0n) is 13.1. The van der Waals surface area contributed by atoms with Gasteiger partial charge in [0.05, 0.1) is 13.2 Å². The number of hydrogen-bond donors (Lipinski definition) is 4. The van der Waals surface area contributed by atoms with Crippen molar-refractivity contribution in [1.82, 2.24) is 0 Å². The molecule has 128 valence electrons. The summed E-state index contributed by atoms with van der Waals surface area (Å²) in [4.78, 5) is 0. The molecule has 22 heavy (non-hydrogen) atoms. The van der Waals surface area contributed by atoms with Crippen molar-refractivity contribution in [2.75, 3.05) is 13.2 Å². The summed E-state index contributed by atoms with van der Waals surface area (Å²) in [5.74, 6) is 0.978. The lowest BCUT2D eigenvalue weighted by molar-refractivity contribution is -0.303. The second-order valence-electron chi connectivity index (χ2n) is 6.59. The van der Waals surface area contributed by atoms with Crippen LogP contribution < -0.4 is 0 Å². The quantitative estimate of drug-likeness (QED) is 0.540. The van der Waals surface area contributed by atoms with Gasteiger partial charge in [-0.25, -0.2) is 0 Å². The van der Waals surface area contributed by atoms with Crippen LogP contribution in [-0.2, 0) is 9.47 Å². The fourth-order valence-electron chi connectivity index (χ4n) is 3.26. The molecule has 1 aliphatic carbocycles. The summed E-state index contributed by atoms with van der Waals surface area (Å²) in [5, 5.41) is 38.5. The van der Waals surface area contributed by atoms with Gasteiger partial charge in [-0.2, -0.15) is 0 Å². The molecule has 0 bridgehead atoms. The van der Waals surface area contributed by atoms with Crippen LogP contribution in [0.2, 0.25) is 0 Å². The fraction of sp³-hybridized carbons (Fsp3) is 0.875. The molecule has 6 nitrogen and oxygen atoms in total. The maximum Gasteiger partial charge on any atom is 0.186 e. The average Bonchev–Trinajstić information content (AvgIpc) is 2.52. The van der Waals surface area contributed by atoms with Gasteiger partial charge in [0.1, 0.15) is 24.4 Å². The van der Waals surface area contributed by atoms with Crippen molar-refractivity contribution < 1.29 is 29.9 Å². The van der Waals surface area contributed by atoms with Crippen molar-refractivity contribution in [1.29, 1.82) is 0 Å². The molecule has 1 aliphatic heterocycles. The van der Waals surface area contributed by atoms with E-state index >= 15 is 0 Å². The van der Waals surface area contributed by atoms with Gasteiger partial charge in [0.2, 0.25) is 0 Å². The van der Waals surface area contributed by atoms with E-state index in [0.717, 1.165) is 25.7 Å². The maximum absolute atomic E-state index is 9.91. The predicted octanol–water partition coefficient (Wildman–Crippen LogP) is 0.185. The second kappa shape index (κ2) is 7.86. The van der Waals surface area contributed by atoms with E-state index in [2.05, 4.69) is 13.5 Å². The molecule has 0 aromatic carbocycles. The van der Waals surface area contributed by atoms with Crippen LogP contribution >= 0.6 is 0 Å². The van der Waals surface area contributed by atoms with Crippen LogP contribution in [0.15, 0.2) is 12.2 Å². The van der Waals surface area contributed by atoms with Crippen molar-refractivity contribution in [2.45, 2.75) is 63.3 Å². The van der Waals surface area contributed by atoms with E-state index < -0.39 is 37.3 Å². The Hall–Kier alpha value is -0.500. The lowest BCUT2D eigenvalue weighted by atomic mass is 9.79. The molecule has 0 amide bonds. The second-order valence-corrected chi connectivity index (χ2v) is 6.59. The van der Waals surface area contributed by atoms with Gasteiger partial charge in [-0.1, -0.05) is 12.2 Å². The van der Waals surface area contributed by atoms with Gasteiger partial charge >= 0.3 is 0 Å². The van der Waals surface area contributed by atoms with Gasteiger partial charge in [0, 0.05) is 0 Å². The topological polar surface area (TPSA) is 99.4 Å². The van der Waals surface area contributed by atoms with Crippen LogP contribution in [0.3, 0.4) is 0 Å². The summed E-state index contributed by atoms with van der Waals surface area (Å²) >= 11 is 0. The Kier molecular flexibility index (Phi) is 6.37. The molecule has 2 rings (SSSR count). The Labute approximate surface area is 131 Å². The van der Waals surface area contributed by atoms with E-state index in [1.807, 2.05) is 0 Å². The van der Waals surface area contributed by atoms with Gasteiger partial charge in [-0.05, 0) is 44.4 Å². The first-order valence-corrected chi connectivity index (χ1v) is 8.01. The smallest absolute Gasteiger partial charge is 0.186 e. The summed E-state index contributed by atoms with van der Waals surface area (Å²) in [7, 11) is 0. The number of hydrogen-bond acceptors (Lipinski definition) is 6. The van der Waals surface area contributed by atoms with Gasteiger partial charge in [0.25, 0.3) is 0 Å². The molecule has 6 heteroatoms. The number of aliphatic hydroxyl groups excluding tert-OH is 4. The van der Waals surface area contributed by atoms with Crippen molar-refractivity contribution in [3.63, 3.8) is 0 Å². The molecule has 0 aromatic heterocycles. The zero-order valence-corrected chi connectivity index (χ0v) is 13.1. The molecule has 1 heterocycles. The molecule has 5 atom stereocenters. The third-order valence-corrected chi connectivity index (χ3v) is 4.89. The molecule has 1 saturated heterocycles. The Morgan fingerprint density at radius 1 is 1.09 bits per heavy atom. The molecule has 5 unspecified atom stereocenters. The molecular formula is C16H28O6. The standard InChI is InChI=1S/C16H28O6/c1-9(2)11-5-3-10(4-6-11)8-21-16-15(20)14(19)13(18)12(7-17)22-16/h10-20H,1,3-8H2,2H3. The first kappa shape index (κ1) is 17.8. The zero-order chi connectivity index (χ0) is 16.3. The van der Waals surface area contributed by atoms with Crippen molar-refractivity contribution in [2.24, 2.45) is 11.8 Å². The van der Waals surface area contributed by atoms with Crippen molar-refractivity contribution in [3.05, 3.63) is 12.2 Å². The maximum atomic E-state index is 9.91. The molecule has 2 fully saturated rings. The van der Waals surface area contributed by atoms with Crippen LogP contribution in [-0.4, -0.2) is 64.3 Å². The summed E-state index contributed by atoms with van der Waals surface area (Å²) in [5.41, 5.74) is 1.23. The van der Waals surface area contributed by atoms with Crippen LogP contribution in [0.1, 0.15) is 32.6 Å². The van der Waals surface area contributed by atoms with Crippen LogP contribution in [0, 0.1) is 11.8 Å². The highest BCUT2D eigenvalue weighted by atomic mass is 16.7. The monoisotopic (exact) mass is 316 g/mol. The molecule has 4 N–H and O–H groups in total. The number of rotatable bonds is 5. The highest BCUT2D eigenvalue weighted by molar-refractivity contribution is 4.98. The van der Waals surface area contributed by atoms with E-state index in [4.69, 9.17) is 14.6 Å². The van der Waals surface area contributed by atoms with Crippen molar-refractivity contribution >= 4 is 0 Å². The fourth-order valence-corrected chi connectivity index (χ4v) is 3.26. The predicted molar refractivity (Wildman–Crippen MR) is 80.0 cm³/mol. The highest BCUT2D eigenvalue weighted by Crippen LogP contribution is 2.33. The number of allylic oxidation sites excluding steroid dienone is 1. The Bertz CT molecular complexity index is 364. The first-order valence-electron chi connectivity index (χ1n) is 8.01. The van der Waals surface area contributed by atoms with Crippen molar-refractivity contribution in [3.8, 4) is 0 Å². The van der Waals surface area contributed by atoms with E-state index in [1.54, 1.807) is 0 Å². The van der Waals surface area contributed by atoms with Gasteiger partial charge < -0.3 is 29.9 Å². The minimum atomic E-state index is -1.38. The Balaban J connectivity index is 1.80. The lowest BCUT2D eigenvalue weighted by Crippen LogP contribution is -2.59. The third kappa shape index (κ3) is 4.07. The van der Waals surface area contributed by atoms with Gasteiger partial charge in [-0.15, -0.1) is 0 Å². The molecule has 2 aliphatic rings. The van der Waals surface area contributed by atoms with E-state index in [-0.39, 0.29) is 0 Å². The number of aliphatic hydroxyl groups is 4. The van der Waals surface area contributed by atoms with E-state index in [9.17, 15) is 15.3 Å². The summed E-state index contributed by atoms with van der Waals surface area (Å²) in [6.45, 7) is 6.07. The van der Waals surface area contributed by atoms with Crippen LogP contribution in [0.4, 0.5) is 0 Å². The molecule has 0 aromatic rings. The van der Waals surface area contributed by atoms with Crippen LogP contribution in [0.25, 0.3) is 0 Å². The van der Waals surface area contributed by atoms with E-state index in [1.165, 1.54) is 5.57 Å². The third-order valence-electron chi connectivity index (χ3n) is 4.89. The largest absolute Gasteiger partial charge is 0.394 e. The minimum absolute atomic E-state index is 0.392. The van der Waals surface area contributed by atoms with Gasteiger partial charge in [0.15, 0.2) is 6.29 Å². The number of ether oxygens (including phenoxy) is 2. The SMILES string of the molecule is C=C(C)C1CCC(COC2OC(CO)C(O)C(O)C2O)CC1. The van der Waals surface area contributed by atoms with E-state index in [0.29, 0.717) is 18.4 Å². The molecule has 0 radical (unpaired) electrons. The molecular weight excluding hydrogens is 288 g/mol. The van der Waals surface area contributed by atoms with Crippen LogP contribution in [0.5, 0.6) is 0 Å². The average molecular weight is 316 g/mol. The summed E-state index contributed by atoms with van der Waals surface area (Å²) in [6, 6.07) is 0. The first-order chi connectivity index (χ1) is 10.4. The molecule has 1 saturated carbocycles. The lowest BCUT2D eigenvalue weighted by Gasteiger charge is -2.40. The van der Waals surface area contributed by atoms with Gasteiger partial charge in [-0.3, -0.25) is 0 Å². The normalized spacial score (nSPS) is 43.0. The molecule has 0 spiro atoms. The summed E-state index contributed by atoms with van der Waals surface area (Å²) < 4.78 is 10.9. The summed E-state index contributed by atoms with van der Waals surface area (Å²) in [6.07, 6.45) is -1.71. The Morgan fingerprint density at radius 3 is 2.27 bits per heavy atom.